The molecule has 0 saturated heterocycles. The van der Waals surface area contributed by atoms with Crippen molar-refractivity contribution in [3.8, 4) is 0 Å². The van der Waals surface area contributed by atoms with Crippen LogP contribution in [0.2, 0.25) is 0 Å². The van der Waals surface area contributed by atoms with E-state index >= 15 is 0 Å². The van der Waals surface area contributed by atoms with Gasteiger partial charge in [0.1, 0.15) is 0 Å². The number of aromatic nitrogens is 1. The fourth-order valence-electron chi connectivity index (χ4n) is 0.860. The Bertz CT molecular complexity index is 353. The van der Waals surface area contributed by atoms with E-state index in [0.29, 0.717) is 0 Å². The second-order valence-corrected chi connectivity index (χ2v) is 3.39. The summed E-state index contributed by atoms with van der Waals surface area (Å²) in [5, 5.41) is 3.17. The molecular weight excluding hydrogens is 162 g/mol. The van der Waals surface area contributed by atoms with Gasteiger partial charge in [-0.25, -0.2) is 0 Å². The number of nitrogens with zero attached hydrogens (tertiary/aromatic N) is 1. The predicted octanol–water partition coefficient (Wildman–Crippen LogP) is 2.59. The standard InChI is InChI=1S/C7H5NS2/c9-6-4-10-7-1-2-8-3-5(6)7/h1-4,9H. The first-order valence-corrected chi connectivity index (χ1v) is 4.21. The van der Waals surface area contributed by atoms with Gasteiger partial charge >= 0.3 is 0 Å². The molecule has 2 aromatic rings. The van der Waals surface area contributed by atoms with Gasteiger partial charge in [-0.15, -0.1) is 24.0 Å². The lowest BCUT2D eigenvalue weighted by Gasteiger charge is -1.85. The molecule has 2 heterocycles. The van der Waals surface area contributed by atoms with Crippen LogP contribution in [0.15, 0.2) is 28.7 Å². The number of rotatable bonds is 0. The van der Waals surface area contributed by atoms with Crippen LogP contribution in [0.5, 0.6) is 0 Å². The van der Waals surface area contributed by atoms with E-state index in [-0.39, 0.29) is 0 Å². The maximum atomic E-state index is 4.27. The minimum atomic E-state index is 1.02. The summed E-state index contributed by atoms with van der Waals surface area (Å²) in [6.45, 7) is 0. The zero-order valence-electron chi connectivity index (χ0n) is 5.11. The highest BCUT2D eigenvalue weighted by Crippen LogP contribution is 2.26. The Labute approximate surface area is 68.1 Å². The predicted molar refractivity (Wildman–Crippen MR) is 46.9 cm³/mol. The Morgan fingerprint density at radius 2 is 2.40 bits per heavy atom. The van der Waals surface area contributed by atoms with Crippen LogP contribution in [0.1, 0.15) is 0 Å². The van der Waals surface area contributed by atoms with Crippen molar-refractivity contribution in [3.05, 3.63) is 23.8 Å². The maximum Gasteiger partial charge on any atom is 0.0385 e. The Morgan fingerprint density at radius 3 is 3.20 bits per heavy atom. The summed E-state index contributed by atoms with van der Waals surface area (Å²) in [7, 11) is 0. The molecule has 3 heteroatoms. The van der Waals surface area contributed by atoms with Crippen LogP contribution in [0.3, 0.4) is 0 Å². The molecule has 0 unspecified atom stereocenters. The lowest BCUT2D eigenvalue weighted by molar-refractivity contribution is 1.36. The van der Waals surface area contributed by atoms with Gasteiger partial charge < -0.3 is 0 Å². The van der Waals surface area contributed by atoms with E-state index in [2.05, 4.69) is 17.6 Å². The van der Waals surface area contributed by atoms with Gasteiger partial charge in [-0.1, -0.05) is 0 Å². The van der Waals surface area contributed by atoms with Gasteiger partial charge in [0.15, 0.2) is 0 Å². The van der Waals surface area contributed by atoms with Crippen LogP contribution in [0, 0.1) is 0 Å². The summed E-state index contributed by atoms with van der Waals surface area (Å²) in [4.78, 5) is 5.03. The van der Waals surface area contributed by atoms with Gasteiger partial charge in [-0.2, -0.15) is 0 Å². The second-order valence-electron chi connectivity index (χ2n) is 1.99. The van der Waals surface area contributed by atoms with Crippen molar-refractivity contribution >= 4 is 34.1 Å². The molecule has 0 aliphatic rings. The summed E-state index contributed by atoms with van der Waals surface area (Å²) in [5.74, 6) is 0. The molecule has 0 amide bonds. The summed E-state index contributed by atoms with van der Waals surface area (Å²) in [6.07, 6.45) is 3.64. The maximum absolute atomic E-state index is 4.27. The third-order valence-electron chi connectivity index (χ3n) is 1.35. The van der Waals surface area contributed by atoms with Gasteiger partial charge in [0.25, 0.3) is 0 Å². The highest BCUT2D eigenvalue weighted by atomic mass is 32.1. The molecular formula is C7H5NS2. The fourth-order valence-corrected chi connectivity index (χ4v) is 2.07. The molecule has 2 aromatic heterocycles. The lowest BCUT2D eigenvalue weighted by Crippen LogP contribution is -1.66. The van der Waals surface area contributed by atoms with Crippen molar-refractivity contribution in [1.82, 2.24) is 4.98 Å². The van der Waals surface area contributed by atoms with Crippen LogP contribution in [0.4, 0.5) is 0 Å². The fraction of sp³-hybridized carbons (Fsp3) is 0. The first kappa shape index (κ1) is 6.19. The molecule has 1 nitrogen and oxygen atoms in total. The van der Waals surface area contributed by atoms with Crippen molar-refractivity contribution in [2.45, 2.75) is 4.90 Å². The molecule has 0 aliphatic carbocycles. The molecule has 0 radical (unpaired) electrons. The zero-order valence-corrected chi connectivity index (χ0v) is 6.82. The molecule has 0 N–H and O–H groups in total. The first-order valence-electron chi connectivity index (χ1n) is 2.88. The Hall–Kier alpha value is -0.540. The Morgan fingerprint density at radius 1 is 1.50 bits per heavy atom. The summed E-state index contributed by atoms with van der Waals surface area (Å²) < 4.78 is 1.25. The van der Waals surface area contributed by atoms with Crippen molar-refractivity contribution in [1.29, 1.82) is 0 Å². The van der Waals surface area contributed by atoms with Crippen LogP contribution >= 0.6 is 24.0 Å². The minimum absolute atomic E-state index is 1.02. The molecule has 0 saturated carbocycles. The quantitative estimate of drug-likeness (QED) is 0.595. The third kappa shape index (κ3) is 0.822. The van der Waals surface area contributed by atoms with Gasteiger partial charge in [-0.3, -0.25) is 4.98 Å². The van der Waals surface area contributed by atoms with E-state index in [1.165, 1.54) is 4.70 Å². The van der Waals surface area contributed by atoms with Crippen LogP contribution in [-0.4, -0.2) is 4.98 Å². The van der Waals surface area contributed by atoms with E-state index in [1.807, 2.05) is 17.6 Å². The van der Waals surface area contributed by atoms with Crippen LogP contribution < -0.4 is 0 Å². The molecule has 0 spiro atoms. The molecule has 0 bridgehead atoms. The van der Waals surface area contributed by atoms with Gasteiger partial charge in [0, 0.05) is 32.8 Å². The zero-order chi connectivity index (χ0) is 6.97. The van der Waals surface area contributed by atoms with E-state index < -0.39 is 0 Å². The van der Waals surface area contributed by atoms with Crippen molar-refractivity contribution in [2.75, 3.05) is 0 Å². The minimum Gasteiger partial charge on any atom is -0.264 e. The average Bonchev–Trinajstić information content (AvgIpc) is 2.34. The number of hydrogen-bond acceptors (Lipinski definition) is 3. The molecule has 0 atom stereocenters. The monoisotopic (exact) mass is 167 g/mol. The molecule has 10 heavy (non-hydrogen) atoms. The lowest BCUT2D eigenvalue weighted by atomic mass is 10.3. The molecule has 50 valence electrons. The number of thiophene rings is 1. The average molecular weight is 167 g/mol. The highest BCUT2D eigenvalue weighted by Gasteiger charge is 1.97. The first-order chi connectivity index (χ1) is 4.88. The van der Waals surface area contributed by atoms with E-state index in [4.69, 9.17) is 0 Å². The van der Waals surface area contributed by atoms with E-state index in [1.54, 1.807) is 17.5 Å². The smallest absolute Gasteiger partial charge is 0.0385 e. The van der Waals surface area contributed by atoms with Crippen LogP contribution in [0.25, 0.3) is 10.1 Å². The molecule has 0 aromatic carbocycles. The van der Waals surface area contributed by atoms with Crippen molar-refractivity contribution in [3.63, 3.8) is 0 Å². The third-order valence-corrected chi connectivity index (χ3v) is 2.86. The summed E-state index contributed by atoms with van der Waals surface area (Å²) in [5.41, 5.74) is 0. The Balaban J connectivity index is 2.93. The number of fused-ring (bicyclic) bond motifs is 1. The Kier molecular flexibility index (Phi) is 1.39. The highest BCUT2D eigenvalue weighted by molar-refractivity contribution is 7.80. The summed E-state index contributed by atoms with van der Waals surface area (Å²) in [6, 6.07) is 2.00. The SMILES string of the molecule is Sc1csc2ccncc12. The topological polar surface area (TPSA) is 12.9 Å². The molecule has 0 aliphatic heterocycles. The van der Waals surface area contributed by atoms with Gasteiger partial charge in [0.05, 0.1) is 0 Å². The van der Waals surface area contributed by atoms with Gasteiger partial charge in [0.2, 0.25) is 0 Å². The van der Waals surface area contributed by atoms with Gasteiger partial charge in [-0.05, 0) is 6.07 Å². The van der Waals surface area contributed by atoms with Crippen molar-refractivity contribution < 1.29 is 0 Å². The number of hydrogen-bond donors (Lipinski definition) is 1. The summed E-state index contributed by atoms with van der Waals surface area (Å²) >= 11 is 5.97. The van der Waals surface area contributed by atoms with Crippen molar-refractivity contribution in [2.24, 2.45) is 0 Å². The van der Waals surface area contributed by atoms with E-state index in [9.17, 15) is 0 Å². The number of pyridine rings is 1. The molecule has 0 fully saturated rings. The normalized spacial score (nSPS) is 10.5. The molecule has 2 rings (SSSR count). The largest absolute Gasteiger partial charge is 0.264 e. The van der Waals surface area contributed by atoms with E-state index in [0.717, 1.165) is 10.3 Å². The van der Waals surface area contributed by atoms with Crippen LogP contribution in [-0.2, 0) is 0 Å². The second kappa shape index (κ2) is 2.25. The number of thiol groups is 1.